The van der Waals surface area contributed by atoms with Gasteiger partial charge in [-0.25, -0.2) is 0 Å². The summed E-state index contributed by atoms with van der Waals surface area (Å²) in [5.74, 6) is -5.37. The fourth-order valence-corrected chi connectivity index (χ4v) is 13.4. The minimum absolute atomic E-state index is 0.0896. The highest BCUT2D eigenvalue weighted by molar-refractivity contribution is 5.90. The normalized spacial score (nSPS) is 49.5. The van der Waals surface area contributed by atoms with E-state index in [9.17, 15) is 39.9 Å². The van der Waals surface area contributed by atoms with E-state index in [4.69, 9.17) is 28.8 Å². The molecule has 54 heavy (non-hydrogen) atoms. The SMILES string of the molecule is CC(=O)O[C@H](C1C[C@@H](C)[C@H]2[C@@](O)(O1)[C@H](O)[C@@]1(C)C3=CC[C@H]4C(C)(C)[C@@H](O[C@@H]5OC[C@@H](O)[C@H](O)[C@H]5OC(=O)CC(=O)O)CC[C@@]45C[C@]35CC[C@]21C)C(C)(C)O. The lowest BCUT2D eigenvalue weighted by Gasteiger charge is -2.60. The van der Waals surface area contributed by atoms with Gasteiger partial charge in [0, 0.05) is 18.3 Å². The zero-order valence-electron chi connectivity index (χ0n) is 32.7. The molecule has 14 heteroatoms. The predicted molar refractivity (Wildman–Crippen MR) is 188 cm³/mol. The molecule has 0 aromatic heterocycles. The lowest BCUT2D eigenvalue weighted by atomic mass is 9.44. The molecule has 2 aliphatic heterocycles. The van der Waals surface area contributed by atoms with Crippen LogP contribution in [0.5, 0.6) is 0 Å². The van der Waals surface area contributed by atoms with Crippen molar-refractivity contribution in [2.75, 3.05) is 6.61 Å². The number of ether oxygens (including phenoxy) is 5. The maximum absolute atomic E-state index is 12.6. The van der Waals surface area contributed by atoms with Crippen LogP contribution in [-0.2, 0) is 38.1 Å². The van der Waals surface area contributed by atoms with Crippen molar-refractivity contribution < 1.29 is 68.7 Å². The molecule has 4 saturated carbocycles. The Morgan fingerprint density at radius 1 is 1.07 bits per heavy atom. The van der Waals surface area contributed by atoms with Crippen LogP contribution in [0, 0.1) is 44.8 Å². The van der Waals surface area contributed by atoms with Gasteiger partial charge in [0.2, 0.25) is 0 Å². The van der Waals surface area contributed by atoms with Crippen molar-refractivity contribution in [3.8, 4) is 0 Å². The van der Waals surface area contributed by atoms with Gasteiger partial charge in [0.1, 0.15) is 30.8 Å². The summed E-state index contributed by atoms with van der Waals surface area (Å²) >= 11 is 0. The summed E-state index contributed by atoms with van der Waals surface area (Å²) in [6.45, 7) is 14.7. The molecule has 2 saturated heterocycles. The molecule has 0 bridgehead atoms. The predicted octanol–water partition coefficient (Wildman–Crippen LogP) is 2.59. The molecule has 5 aliphatic carbocycles. The number of aliphatic hydroxyl groups excluding tert-OH is 3. The van der Waals surface area contributed by atoms with Gasteiger partial charge in [-0.3, -0.25) is 14.4 Å². The molecular formula is C40H60O14. The van der Waals surface area contributed by atoms with Crippen molar-refractivity contribution in [2.45, 2.75) is 167 Å². The summed E-state index contributed by atoms with van der Waals surface area (Å²) in [6, 6.07) is 0. The molecule has 7 rings (SSSR count). The van der Waals surface area contributed by atoms with Crippen molar-refractivity contribution in [2.24, 2.45) is 44.8 Å². The first kappa shape index (κ1) is 40.0. The smallest absolute Gasteiger partial charge is 0.317 e. The van der Waals surface area contributed by atoms with Gasteiger partial charge in [-0.1, -0.05) is 46.3 Å². The Balaban J connectivity index is 1.17. The Morgan fingerprint density at radius 3 is 2.39 bits per heavy atom. The number of carboxylic acids is 1. The van der Waals surface area contributed by atoms with Crippen LogP contribution in [0.15, 0.2) is 11.6 Å². The molecule has 2 heterocycles. The first-order chi connectivity index (χ1) is 24.9. The largest absolute Gasteiger partial charge is 0.481 e. The van der Waals surface area contributed by atoms with Gasteiger partial charge in [0.25, 0.3) is 0 Å². The number of aliphatic carboxylic acids is 1. The van der Waals surface area contributed by atoms with Gasteiger partial charge in [0.05, 0.1) is 18.3 Å². The number of aliphatic hydroxyl groups is 5. The van der Waals surface area contributed by atoms with E-state index in [-0.39, 0.29) is 35.4 Å². The van der Waals surface area contributed by atoms with Crippen LogP contribution in [0.3, 0.4) is 0 Å². The second-order valence-electron chi connectivity index (χ2n) is 19.4. The summed E-state index contributed by atoms with van der Waals surface area (Å²) in [6.07, 6.45) is -2.53. The molecule has 0 amide bonds. The van der Waals surface area contributed by atoms with E-state index in [0.717, 1.165) is 25.7 Å². The van der Waals surface area contributed by atoms with E-state index in [1.165, 1.54) is 12.5 Å². The van der Waals surface area contributed by atoms with E-state index >= 15 is 0 Å². The second kappa shape index (κ2) is 12.7. The van der Waals surface area contributed by atoms with E-state index < -0.39 is 101 Å². The number of rotatable bonds is 8. The summed E-state index contributed by atoms with van der Waals surface area (Å²) in [7, 11) is 0. The van der Waals surface area contributed by atoms with Gasteiger partial charge < -0.3 is 54.3 Å². The number of fused-ring (bicyclic) bond motifs is 4. The number of esters is 2. The van der Waals surface area contributed by atoms with Crippen molar-refractivity contribution in [3.05, 3.63) is 11.6 Å². The molecule has 6 N–H and O–H groups in total. The van der Waals surface area contributed by atoms with Gasteiger partial charge >= 0.3 is 17.9 Å². The first-order valence-corrected chi connectivity index (χ1v) is 19.6. The third-order valence-corrected chi connectivity index (χ3v) is 15.8. The fourth-order valence-electron chi connectivity index (χ4n) is 13.4. The molecule has 0 aromatic carbocycles. The summed E-state index contributed by atoms with van der Waals surface area (Å²) in [5, 5.41) is 66.3. The van der Waals surface area contributed by atoms with Crippen molar-refractivity contribution in [1.29, 1.82) is 0 Å². The van der Waals surface area contributed by atoms with Crippen LogP contribution in [0.4, 0.5) is 0 Å². The Bertz CT molecular complexity index is 1590. The van der Waals surface area contributed by atoms with Crippen LogP contribution >= 0.6 is 0 Å². The minimum Gasteiger partial charge on any atom is -0.481 e. The highest BCUT2D eigenvalue weighted by atomic mass is 16.7. The van der Waals surface area contributed by atoms with E-state index in [1.807, 2.05) is 0 Å². The quantitative estimate of drug-likeness (QED) is 0.119. The number of carbonyl (C=O) groups is 3. The molecule has 7 aliphatic rings. The molecular weight excluding hydrogens is 704 g/mol. The van der Waals surface area contributed by atoms with Crippen molar-refractivity contribution in [3.63, 3.8) is 0 Å². The number of hydrogen-bond donors (Lipinski definition) is 6. The van der Waals surface area contributed by atoms with Crippen LogP contribution < -0.4 is 0 Å². The summed E-state index contributed by atoms with van der Waals surface area (Å²) in [4.78, 5) is 35.6. The highest BCUT2D eigenvalue weighted by Crippen LogP contribution is 2.88. The van der Waals surface area contributed by atoms with E-state index in [2.05, 4.69) is 40.7 Å². The second-order valence-corrected chi connectivity index (χ2v) is 19.4. The zero-order valence-corrected chi connectivity index (χ0v) is 32.7. The third-order valence-electron chi connectivity index (χ3n) is 15.8. The lowest BCUT2D eigenvalue weighted by molar-refractivity contribution is -0.341. The van der Waals surface area contributed by atoms with Crippen LogP contribution in [0.1, 0.15) is 107 Å². The maximum atomic E-state index is 12.6. The summed E-state index contributed by atoms with van der Waals surface area (Å²) in [5.41, 5.74) is -2.38. The first-order valence-electron chi connectivity index (χ1n) is 19.6. The Labute approximate surface area is 316 Å². The zero-order chi connectivity index (χ0) is 39.8. The van der Waals surface area contributed by atoms with Gasteiger partial charge in [-0.05, 0) is 92.3 Å². The van der Waals surface area contributed by atoms with Crippen molar-refractivity contribution >= 4 is 17.9 Å². The standard InChI is InChI=1S/C40H60O14/c1-19-15-22(31(35(5,6)48)51-20(2)41)54-40(49)30(19)36(7)13-14-39-18-38(39)12-11-25(34(3,4)23(38)9-10-24(39)37(36,8)33(40)47)52-32-29(28(46)21(42)17-50-32)53-27(45)16-26(43)44/h10,19,21-23,25,28-33,42,46-49H,9,11-18H2,1-8H3,(H,43,44)/t19-,21-,22?,23+,25+,28+,29-,30-,31-,32+,33-,36-,37-,38-,39-,40-/m1/s1. The average Bonchev–Trinajstić information content (AvgIpc) is 3.69. The van der Waals surface area contributed by atoms with E-state index in [1.54, 1.807) is 13.8 Å². The molecule has 1 unspecified atom stereocenters. The maximum Gasteiger partial charge on any atom is 0.317 e. The molecule has 2 spiro atoms. The minimum atomic E-state index is -1.95. The Kier molecular flexibility index (Phi) is 9.39. The molecule has 0 aromatic rings. The fraction of sp³-hybridized carbons (Fsp3) is 0.875. The number of hydrogen-bond acceptors (Lipinski definition) is 13. The molecule has 0 radical (unpaired) electrons. The molecule has 16 atom stereocenters. The summed E-state index contributed by atoms with van der Waals surface area (Å²) < 4.78 is 29.7. The van der Waals surface area contributed by atoms with Gasteiger partial charge in [-0.2, -0.15) is 0 Å². The highest BCUT2D eigenvalue weighted by Gasteiger charge is 2.85. The van der Waals surface area contributed by atoms with Crippen LogP contribution in [0.25, 0.3) is 0 Å². The Hall–Kier alpha value is -2.17. The topological polar surface area (TPSA) is 219 Å². The van der Waals surface area contributed by atoms with Crippen LogP contribution in [-0.4, -0.2) is 116 Å². The lowest BCUT2D eigenvalue weighted by Crippen LogP contribution is -2.61. The molecule has 6 fully saturated rings. The monoisotopic (exact) mass is 764 g/mol. The molecule has 304 valence electrons. The average molecular weight is 765 g/mol. The van der Waals surface area contributed by atoms with Gasteiger partial charge in [0.15, 0.2) is 24.3 Å². The van der Waals surface area contributed by atoms with Crippen molar-refractivity contribution in [1.82, 2.24) is 0 Å². The number of carbonyl (C=O) groups excluding carboxylic acids is 2. The van der Waals surface area contributed by atoms with Crippen LogP contribution in [0.2, 0.25) is 0 Å². The third kappa shape index (κ3) is 5.44. The number of carboxylic acid groups (broad SMARTS) is 1. The number of allylic oxidation sites excluding steroid dienone is 1. The molecule has 14 nitrogen and oxygen atoms in total. The van der Waals surface area contributed by atoms with Gasteiger partial charge in [-0.15, -0.1) is 0 Å². The Morgan fingerprint density at radius 2 is 1.76 bits per heavy atom. The van der Waals surface area contributed by atoms with E-state index in [0.29, 0.717) is 19.3 Å².